The average Bonchev–Trinajstić information content (AvgIpc) is 1.30. The minimum Gasteiger partial charge on any atom is -0.353 e. The number of benzene rings is 24. The molecule has 4 heteroatoms. The summed E-state index contributed by atoms with van der Waals surface area (Å²) in [5.41, 5.74) is 37.8. The fourth-order valence-electron chi connectivity index (χ4n) is 24.4. The minimum atomic E-state index is 0.842. The van der Waals surface area contributed by atoms with Crippen molar-refractivity contribution in [2.75, 3.05) is 0 Å². The first kappa shape index (κ1) is 82.1. The number of aromatic amines is 2. The van der Waals surface area contributed by atoms with Crippen LogP contribution in [0.25, 0.3) is 308 Å². The lowest BCUT2D eigenvalue weighted by Gasteiger charge is -2.18. The van der Waals surface area contributed by atoms with Crippen molar-refractivity contribution in [3.63, 3.8) is 0 Å². The van der Waals surface area contributed by atoms with Gasteiger partial charge in [0.05, 0.1) is 44.8 Å². The molecular weight excluding hydrogens is 1740 g/mol. The number of rotatable bonds is 12. The second-order valence-corrected chi connectivity index (χ2v) is 38.2. The molecule has 0 atom stereocenters. The van der Waals surface area contributed by atoms with Crippen LogP contribution in [0.3, 0.4) is 0 Å². The largest absolute Gasteiger partial charge is 0.353 e. The van der Waals surface area contributed by atoms with Crippen molar-refractivity contribution in [1.82, 2.24) is 19.9 Å². The van der Waals surface area contributed by atoms with Crippen LogP contribution in [-0.4, -0.2) is 19.9 Å². The normalized spacial score (nSPS) is 11.9. The Morgan fingerprint density at radius 1 is 0.0972 bits per heavy atom. The molecule has 26 aromatic rings. The highest BCUT2D eigenvalue weighted by atomic mass is 14.8. The van der Waals surface area contributed by atoms with E-state index in [1.54, 1.807) is 0 Å². The van der Waals surface area contributed by atoms with Crippen LogP contribution in [-0.2, 0) is 0 Å². The van der Waals surface area contributed by atoms with Gasteiger partial charge in [-0.05, 0) is 197 Å². The molecule has 3 aliphatic rings. The number of H-pyrrole nitrogens is 2. The van der Waals surface area contributed by atoms with Gasteiger partial charge in [-0.1, -0.05) is 510 Å². The van der Waals surface area contributed by atoms with Gasteiger partial charge in [0.2, 0.25) is 0 Å². The molecule has 0 spiro atoms. The highest BCUT2D eigenvalue weighted by molar-refractivity contribution is 6.29. The quantitative estimate of drug-likeness (QED) is 0.120. The number of nitrogens with one attached hydrogen (secondary N) is 2. The second-order valence-electron chi connectivity index (χ2n) is 38.2. The summed E-state index contributed by atoms with van der Waals surface area (Å²) in [6.07, 6.45) is 0. The SMILES string of the molecule is c1ccc(-c2c3ccccc3c(-c3ccc(-c4c5nc(c(-c6ccc(-c7c8ccccc8c(-c8ccccc8)c8ccccc78)cc6)c6[nH]c(c(-c7ccc(-c8c9ccccc9c(-c9ccccc9)c9ccccc89)cc7)c7nc(c(-c8ccc(-c9c%10ccccc%10c(-c%10ccccc%10)c%10ccccc9%10)cc8)c8[nH]c4c4ccccc84)-c4ccccc4-7)c4ccccc64)-c4ccccc4-5)cc3)c3ccccc23)cc1. The molecule has 1 aliphatic carbocycles. The molecule has 8 bridgehead atoms. The van der Waals surface area contributed by atoms with Gasteiger partial charge in [-0.25, -0.2) is 9.97 Å². The zero-order chi connectivity index (χ0) is 94.6. The van der Waals surface area contributed by atoms with E-state index >= 15 is 0 Å². The number of hydrogen-bond acceptors (Lipinski definition) is 2. The first-order valence-corrected chi connectivity index (χ1v) is 49.8. The van der Waals surface area contributed by atoms with E-state index < -0.39 is 0 Å². The fourth-order valence-corrected chi connectivity index (χ4v) is 24.4. The third-order valence-electron chi connectivity index (χ3n) is 30.5. The van der Waals surface area contributed by atoms with Crippen LogP contribution >= 0.6 is 0 Å². The molecule has 0 fully saturated rings. The van der Waals surface area contributed by atoms with Crippen LogP contribution in [0.15, 0.2) is 510 Å². The van der Waals surface area contributed by atoms with E-state index in [1.807, 2.05) is 0 Å². The Kier molecular flexibility index (Phi) is 19.0. The van der Waals surface area contributed by atoms with Gasteiger partial charge in [0, 0.05) is 66.1 Å². The molecule has 2 N–H and O–H groups in total. The summed E-state index contributed by atoms with van der Waals surface area (Å²) in [6.45, 7) is 0. The monoisotopic (exact) mass is 1820 g/mol. The highest BCUT2D eigenvalue weighted by Crippen LogP contribution is 2.57. The fraction of sp³-hybridized carbons (Fsp3) is 0. The van der Waals surface area contributed by atoms with E-state index in [-0.39, 0.29) is 0 Å². The summed E-state index contributed by atoms with van der Waals surface area (Å²) in [5.74, 6) is 0. The lowest BCUT2D eigenvalue weighted by atomic mass is 9.85. The summed E-state index contributed by atoms with van der Waals surface area (Å²) in [7, 11) is 0. The van der Waals surface area contributed by atoms with Gasteiger partial charge in [-0.2, -0.15) is 0 Å². The zero-order valence-corrected chi connectivity index (χ0v) is 78.4. The molecule has 29 rings (SSSR count). The maximum Gasteiger partial charge on any atom is 0.0816 e. The van der Waals surface area contributed by atoms with Gasteiger partial charge >= 0.3 is 0 Å². The average molecular weight is 1820 g/mol. The Bertz CT molecular complexity index is 8820. The third-order valence-corrected chi connectivity index (χ3v) is 30.5. The van der Waals surface area contributed by atoms with Gasteiger partial charge < -0.3 is 9.97 Å². The lowest BCUT2D eigenvalue weighted by molar-refractivity contribution is 1.39. The molecule has 24 aromatic carbocycles. The first-order valence-electron chi connectivity index (χ1n) is 49.8. The van der Waals surface area contributed by atoms with E-state index in [1.165, 1.54) is 153 Å². The predicted octanol–water partition coefficient (Wildman–Crippen LogP) is 38.5. The third kappa shape index (κ3) is 12.9. The molecule has 2 aromatic heterocycles. The van der Waals surface area contributed by atoms with Crippen molar-refractivity contribution in [1.29, 1.82) is 0 Å². The summed E-state index contributed by atoms with van der Waals surface area (Å²) in [4.78, 5) is 22.0. The van der Waals surface area contributed by atoms with Gasteiger partial charge in [-0.15, -0.1) is 0 Å². The van der Waals surface area contributed by atoms with E-state index in [2.05, 4.69) is 520 Å². The topological polar surface area (TPSA) is 57.4 Å². The maximum absolute atomic E-state index is 6.50. The van der Waals surface area contributed by atoms with Crippen LogP contribution in [0, 0.1) is 0 Å². The molecule has 4 nitrogen and oxygen atoms in total. The van der Waals surface area contributed by atoms with Crippen LogP contribution in [0.2, 0.25) is 0 Å². The number of fused-ring (bicyclic) bond motifs is 8. The standard InChI is InChI=1S/C140H86N4/c1-5-37-85(38-6-1)121-97-45-13-21-53-105(97)125(106-54-22-14-46-98(106)121)89-69-77-93(78-70-89)129-133-113-61-29-31-63-115(113)135(141-133)130(94-79-71-90(72-80-94)126-107-55-23-15-47-99(107)122(86-39-7-2-8-40-86)100-48-16-24-56-108(100)126)137-117-65-33-35-67-119(117)139(143-137)132(96-83-75-92(76-84-96)128-111-59-27-19-51-103(111)124(88-43-11-4-12-44-88)104-52-20-28-60-112(104)128)140-120-68-36-34-66-118(120)138(144-140)131(136-116-64-32-30-62-114(116)134(129)142-136)95-81-73-91(74-82-95)127-109-57-25-17-49-101(109)123(87-41-9-3-10-42-87)102-50-18-26-58-110(102)127/h1-84,141,144H. The van der Waals surface area contributed by atoms with E-state index in [0.717, 1.165) is 155 Å². The van der Waals surface area contributed by atoms with Crippen molar-refractivity contribution >= 4 is 130 Å². The van der Waals surface area contributed by atoms with Crippen molar-refractivity contribution < 1.29 is 0 Å². The van der Waals surface area contributed by atoms with Crippen molar-refractivity contribution in [2.45, 2.75) is 0 Å². The van der Waals surface area contributed by atoms with E-state index in [0.29, 0.717) is 0 Å². The van der Waals surface area contributed by atoms with Gasteiger partial charge in [0.15, 0.2) is 0 Å². The lowest BCUT2D eigenvalue weighted by Crippen LogP contribution is -1.92. The molecule has 0 saturated heterocycles. The smallest absolute Gasteiger partial charge is 0.0816 e. The van der Waals surface area contributed by atoms with E-state index in [4.69, 9.17) is 9.97 Å². The Morgan fingerprint density at radius 2 is 0.208 bits per heavy atom. The zero-order valence-electron chi connectivity index (χ0n) is 78.4. The molecule has 4 heterocycles. The molecule has 0 amide bonds. The van der Waals surface area contributed by atoms with Crippen molar-refractivity contribution in [3.05, 3.63) is 510 Å². The van der Waals surface area contributed by atoms with Gasteiger partial charge in [-0.3, -0.25) is 0 Å². The molecular formula is C140H86N4. The van der Waals surface area contributed by atoms with Crippen molar-refractivity contribution in [3.8, 4) is 179 Å². The Balaban J connectivity index is 0.751. The molecule has 144 heavy (non-hydrogen) atoms. The van der Waals surface area contributed by atoms with Crippen LogP contribution in [0.4, 0.5) is 0 Å². The molecule has 0 saturated carbocycles. The molecule has 0 unspecified atom stereocenters. The summed E-state index contributed by atoms with van der Waals surface area (Å²) in [5, 5.41) is 23.3. The molecule has 666 valence electrons. The van der Waals surface area contributed by atoms with Gasteiger partial charge in [0.1, 0.15) is 0 Å². The summed E-state index contributed by atoms with van der Waals surface area (Å²) >= 11 is 0. The van der Waals surface area contributed by atoms with Crippen LogP contribution < -0.4 is 0 Å². The first-order chi connectivity index (χ1) is 71.5. The number of hydrogen-bond donors (Lipinski definition) is 2. The summed E-state index contributed by atoms with van der Waals surface area (Å²) < 4.78 is 0. The minimum absolute atomic E-state index is 0.842. The van der Waals surface area contributed by atoms with E-state index in [9.17, 15) is 0 Å². The van der Waals surface area contributed by atoms with Gasteiger partial charge in [0.25, 0.3) is 0 Å². The Labute approximate surface area is 831 Å². The van der Waals surface area contributed by atoms with Crippen LogP contribution in [0.1, 0.15) is 0 Å². The Hall–Kier alpha value is -19.0. The highest BCUT2D eigenvalue weighted by Gasteiger charge is 2.33. The Morgan fingerprint density at radius 3 is 0.354 bits per heavy atom. The predicted molar refractivity (Wildman–Crippen MR) is 610 cm³/mol. The van der Waals surface area contributed by atoms with Crippen molar-refractivity contribution in [2.24, 2.45) is 0 Å². The number of aromatic nitrogens is 4. The number of nitrogens with zero attached hydrogens (tertiary/aromatic N) is 2. The van der Waals surface area contributed by atoms with Crippen LogP contribution in [0.5, 0.6) is 0 Å². The molecule has 0 radical (unpaired) electrons. The molecule has 2 aliphatic heterocycles. The maximum atomic E-state index is 6.50. The second kappa shape index (κ2) is 33.4. The summed E-state index contributed by atoms with van der Waals surface area (Å²) in [6, 6.07) is 189.